The van der Waals surface area contributed by atoms with E-state index in [1.165, 1.54) is 11.3 Å². The Morgan fingerprint density at radius 1 is 1.42 bits per heavy atom. The van der Waals surface area contributed by atoms with Crippen molar-refractivity contribution < 1.29 is 9.90 Å². The molecule has 0 fully saturated rings. The summed E-state index contributed by atoms with van der Waals surface area (Å²) in [6.45, 7) is 5.83. The van der Waals surface area contributed by atoms with Crippen LogP contribution < -0.4 is 0 Å². The highest BCUT2D eigenvalue weighted by molar-refractivity contribution is 7.17. The lowest BCUT2D eigenvalue weighted by Gasteiger charge is -2.03. The van der Waals surface area contributed by atoms with Crippen LogP contribution in [0.1, 0.15) is 40.7 Å². The van der Waals surface area contributed by atoms with Crippen molar-refractivity contribution in [3.8, 4) is 10.6 Å². The van der Waals surface area contributed by atoms with Gasteiger partial charge >= 0.3 is 5.97 Å². The van der Waals surface area contributed by atoms with Crippen molar-refractivity contribution in [3.63, 3.8) is 0 Å². The molecule has 100 valence electrons. The predicted molar refractivity (Wildman–Crippen MR) is 78.3 cm³/mol. The van der Waals surface area contributed by atoms with Crippen LogP contribution in [0.15, 0.2) is 18.2 Å². The van der Waals surface area contributed by atoms with Crippen LogP contribution in [0.3, 0.4) is 0 Å². The number of aromatic carboxylic acids is 1. The van der Waals surface area contributed by atoms with E-state index in [9.17, 15) is 9.90 Å². The second-order valence-corrected chi connectivity index (χ2v) is 6.09. The second kappa shape index (κ2) is 5.31. The minimum absolute atomic E-state index is 0.0868. The normalized spacial score (nSPS) is 11.0. The van der Waals surface area contributed by atoms with Gasteiger partial charge in [-0.2, -0.15) is 0 Å². The number of carboxylic acids is 1. The van der Waals surface area contributed by atoms with Gasteiger partial charge in [0.2, 0.25) is 0 Å². The molecule has 2 rings (SSSR count). The number of hydrogen-bond donors (Lipinski definition) is 1. The van der Waals surface area contributed by atoms with E-state index in [0.717, 1.165) is 16.1 Å². The molecule has 0 saturated carbocycles. The van der Waals surface area contributed by atoms with Gasteiger partial charge in [-0.25, -0.2) is 9.78 Å². The molecule has 1 heterocycles. The van der Waals surface area contributed by atoms with Crippen molar-refractivity contribution in [2.24, 2.45) is 0 Å². The zero-order valence-electron chi connectivity index (χ0n) is 10.9. The van der Waals surface area contributed by atoms with Crippen molar-refractivity contribution in [2.45, 2.75) is 26.7 Å². The van der Waals surface area contributed by atoms with Crippen molar-refractivity contribution in [2.75, 3.05) is 0 Å². The van der Waals surface area contributed by atoms with Gasteiger partial charge < -0.3 is 5.11 Å². The van der Waals surface area contributed by atoms with E-state index in [1.54, 1.807) is 6.07 Å². The molecular formula is C14H14ClNO2S. The highest BCUT2D eigenvalue weighted by Crippen LogP contribution is 2.34. The number of halogens is 1. The Labute approximate surface area is 120 Å². The molecule has 2 aromatic rings. The predicted octanol–water partition coefficient (Wildman–Crippen LogP) is 4.59. The minimum Gasteiger partial charge on any atom is -0.477 e. The first-order valence-electron chi connectivity index (χ1n) is 5.90. The van der Waals surface area contributed by atoms with Gasteiger partial charge in [0.25, 0.3) is 0 Å². The maximum Gasteiger partial charge on any atom is 0.347 e. The Kier molecular flexibility index (Phi) is 3.92. The highest BCUT2D eigenvalue weighted by atomic mass is 35.5. The summed E-state index contributed by atoms with van der Waals surface area (Å²) in [4.78, 5) is 16.1. The van der Waals surface area contributed by atoms with Crippen molar-refractivity contribution in [3.05, 3.63) is 39.4 Å². The molecule has 0 atom stereocenters. The lowest BCUT2D eigenvalue weighted by molar-refractivity contribution is 0.0700. The van der Waals surface area contributed by atoms with Crippen LogP contribution in [0.25, 0.3) is 10.6 Å². The molecule has 0 saturated heterocycles. The first kappa shape index (κ1) is 14.0. The molecule has 19 heavy (non-hydrogen) atoms. The topological polar surface area (TPSA) is 50.2 Å². The zero-order chi connectivity index (χ0) is 14.2. The van der Waals surface area contributed by atoms with Gasteiger partial charge in [-0.3, -0.25) is 0 Å². The summed E-state index contributed by atoms with van der Waals surface area (Å²) in [6.07, 6.45) is 0. The fourth-order valence-electron chi connectivity index (χ4n) is 1.86. The van der Waals surface area contributed by atoms with Gasteiger partial charge in [0.15, 0.2) is 0 Å². The highest BCUT2D eigenvalue weighted by Gasteiger charge is 2.20. The van der Waals surface area contributed by atoms with Gasteiger partial charge in [-0.05, 0) is 30.5 Å². The fraction of sp³-hybridized carbons (Fsp3) is 0.286. The number of aromatic nitrogens is 1. The fourth-order valence-corrected chi connectivity index (χ4v) is 3.23. The van der Waals surface area contributed by atoms with Crippen LogP contribution in [-0.2, 0) is 0 Å². The van der Waals surface area contributed by atoms with Crippen molar-refractivity contribution >= 4 is 28.9 Å². The third-order valence-corrected chi connectivity index (χ3v) is 4.14. The Balaban J connectivity index is 2.57. The third kappa shape index (κ3) is 2.80. The summed E-state index contributed by atoms with van der Waals surface area (Å²) in [5, 5.41) is 10.6. The number of thiazole rings is 1. The first-order valence-corrected chi connectivity index (χ1v) is 7.10. The van der Waals surface area contributed by atoms with Crippen molar-refractivity contribution in [1.29, 1.82) is 0 Å². The summed E-state index contributed by atoms with van der Waals surface area (Å²) >= 11 is 7.15. The number of rotatable bonds is 3. The molecule has 0 unspecified atom stereocenters. The minimum atomic E-state index is -0.918. The molecule has 0 spiro atoms. The van der Waals surface area contributed by atoms with E-state index in [2.05, 4.69) is 4.98 Å². The largest absolute Gasteiger partial charge is 0.477 e. The molecule has 0 aliphatic rings. The number of nitrogens with zero attached hydrogens (tertiary/aromatic N) is 1. The number of carbonyl (C=O) groups is 1. The quantitative estimate of drug-likeness (QED) is 0.900. The molecule has 5 heteroatoms. The van der Waals surface area contributed by atoms with Crippen LogP contribution in [0, 0.1) is 6.92 Å². The van der Waals surface area contributed by atoms with Crippen LogP contribution in [0.2, 0.25) is 5.02 Å². The number of aryl methyl sites for hydroxylation is 1. The van der Waals surface area contributed by atoms with Crippen LogP contribution in [-0.4, -0.2) is 16.1 Å². The molecule has 0 aliphatic carbocycles. The molecule has 0 radical (unpaired) electrons. The van der Waals surface area contributed by atoms with E-state index >= 15 is 0 Å². The van der Waals surface area contributed by atoms with Crippen LogP contribution in [0.4, 0.5) is 0 Å². The summed E-state index contributed by atoms with van der Waals surface area (Å²) in [6, 6.07) is 5.53. The Morgan fingerprint density at radius 3 is 2.58 bits per heavy atom. The number of hydrogen-bond acceptors (Lipinski definition) is 3. The third-order valence-electron chi connectivity index (χ3n) is 2.81. The standard InChI is InChI=1S/C14H14ClNO2S/c1-7(2)11-12(14(17)18)19-13(16-11)10-5-4-9(15)6-8(10)3/h4-7H,1-3H3,(H,17,18). The average molecular weight is 296 g/mol. The van der Waals surface area contributed by atoms with Crippen LogP contribution >= 0.6 is 22.9 Å². The molecule has 3 nitrogen and oxygen atoms in total. The summed E-state index contributed by atoms with van der Waals surface area (Å²) in [5.74, 6) is -0.831. The lowest BCUT2D eigenvalue weighted by Crippen LogP contribution is -2.00. The smallest absolute Gasteiger partial charge is 0.347 e. The second-order valence-electron chi connectivity index (χ2n) is 4.65. The molecule has 0 bridgehead atoms. The van der Waals surface area contributed by atoms with Crippen LogP contribution in [0.5, 0.6) is 0 Å². The Bertz CT molecular complexity index is 634. The molecule has 0 aliphatic heterocycles. The Hall–Kier alpha value is -1.39. The monoisotopic (exact) mass is 295 g/mol. The average Bonchev–Trinajstić information content (AvgIpc) is 2.73. The van der Waals surface area contributed by atoms with E-state index in [0.29, 0.717) is 15.6 Å². The number of benzene rings is 1. The summed E-state index contributed by atoms with van der Waals surface area (Å²) < 4.78 is 0. The van der Waals surface area contributed by atoms with Crippen molar-refractivity contribution in [1.82, 2.24) is 4.98 Å². The molecule has 1 aromatic carbocycles. The molecular weight excluding hydrogens is 282 g/mol. The van der Waals surface area contributed by atoms with Gasteiger partial charge in [0.05, 0.1) is 5.69 Å². The Morgan fingerprint density at radius 2 is 2.11 bits per heavy atom. The first-order chi connectivity index (χ1) is 8.90. The van der Waals surface area contributed by atoms with Gasteiger partial charge in [-0.15, -0.1) is 11.3 Å². The molecule has 1 aromatic heterocycles. The van der Waals surface area contributed by atoms with E-state index in [1.807, 2.05) is 32.9 Å². The van der Waals surface area contributed by atoms with Gasteiger partial charge in [0.1, 0.15) is 9.88 Å². The van der Waals surface area contributed by atoms with E-state index < -0.39 is 5.97 Å². The number of carboxylic acid groups (broad SMARTS) is 1. The summed E-state index contributed by atoms with van der Waals surface area (Å²) in [5.41, 5.74) is 2.57. The maximum atomic E-state index is 11.3. The maximum absolute atomic E-state index is 11.3. The summed E-state index contributed by atoms with van der Waals surface area (Å²) in [7, 11) is 0. The van der Waals surface area contributed by atoms with Gasteiger partial charge in [0, 0.05) is 10.6 Å². The lowest BCUT2D eigenvalue weighted by atomic mass is 10.1. The molecule has 1 N–H and O–H groups in total. The van der Waals surface area contributed by atoms with E-state index in [-0.39, 0.29) is 5.92 Å². The zero-order valence-corrected chi connectivity index (χ0v) is 12.5. The SMILES string of the molecule is Cc1cc(Cl)ccc1-c1nc(C(C)C)c(C(=O)O)s1. The molecule has 0 amide bonds. The van der Waals surface area contributed by atoms with Gasteiger partial charge in [-0.1, -0.05) is 31.5 Å². The van der Waals surface area contributed by atoms with E-state index in [4.69, 9.17) is 11.6 Å².